The molecular weight excluding hydrogens is 512 g/mol. The highest BCUT2D eigenvalue weighted by Gasteiger charge is 2.50. The van der Waals surface area contributed by atoms with Crippen LogP contribution >= 0.6 is 0 Å². The Morgan fingerprint density at radius 1 is 1.00 bits per heavy atom. The van der Waals surface area contributed by atoms with Crippen molar-refractivity contribution in [2.45, 2.75) is 76.1 Å². The van der Waals surface area contributed by atoms with Crippen LogP contribution in [-0.4, -0.2) is 65.9 Å². The molecule has 10 nitrogen and oxygen atoms in total. The highest BCUT2D eigenvalue weighted by Crippen LogP contribution is 2.33. The van der Waals surface area contributed by atoms with E-state index in [0.717, 1.165) is 31.2 Å². The average molecular weight is 551 g/mol. The predicted octanol–water partition coefficient (Wildman–Crippen LogP) is 2.36. The summed E-state index contributed by atoms with van der Waals surface area (Å²) in [6.07, 6.45) is 6.50. The van der Waals surface area contributed by atoms with Crippen molar-refractivity contribution < 1.29 is 28.7 Å². The van der Waals surface area contributed by atoms with Gasteiger partial charge in [0.05, 0.1) is 19.8 Å². The molecule has 4 atom stereocenters. The zero-order valence-corrected chi connectivity index (χ0v) is 23.3. The number of hydrogen-bond donors (Lipinski definition) is 3. The number of amides is 3. The molecule has 1 aromatic heterocycles. The number of ketones is 1. The molecule has 2 heterocycles. The van der Waals surface area contributed by atoms with Crippen molar-refractivity contribution in [2.75, 3.05) is 13.7 Å². The quantitative estimate of drug-likeness (QED) is 0.326. The summed E-state index contributed by atoms with van der Waals surface area (Å²) in [6, 6.07) is 9.48. The molecule has 1 aromatic carbocycles. The molecule has 2 aromatic rings. The third-order valence-electron chi connectivity index (χ3n) is 7.65. The van der Waals surface area contributed by atoms with Crippen LogP contribution in [0.4, 0.5) is 0 Å². The minimum atomic E-state index is -0.984. The summed E-state index contributed by atoms with van der Waals surface area (Å²) >= 11 is 0. The van der Waals surface area contributed by atoms with E-state index in [2.05, 4.69) is 20.9 Å². The van der Waals surface area contributed by atoms with Crippen LogP contribution in [0, 0.1) is 5.92 Å². The molecule has 1 saturated carbocycles. The zero-order valence-electron chi connectivity index (χ0n) is 23.3. The second-order valence-corrected chi connectivity index (χ2v) is 10.9. The maximum absolute atomic E-state index is 13.7. The zero-order chi connectivity index (χ0) is 28.7. The van der Waals surface area contributed by atoms with E-state index in [-0.39, 0.29) is 17.9 Å². The standard InChI is InChI=1S/C30H38N4O6/c1-19(32-28(37)23-10-6-7-15-31-23)27(36)34-25(17-21-11-13-22(39-3)14-12-21)29(38)33-24(16-20-8-4-5-9-20)26(35)30(2)18-40-30/h6-7,10-15,19-20,24-25H,4-5,8-9,16-18H2,1-3H3,(H,32,37)(H,33,38)(H,34,36)/t19-,24+,25+,30+/m1/s1. The van der Waals surface area contributed by atoms with E-state index in [9.17, 15) is 19.2 Å². The highest BCUT2D eigenvalue weighted by atomic mass is 16.6. The lowest BCUT2D eigenvalue weighted by molar-refractivity contribution is -0.133. The van der Waals surface area contributed by atoms with Crippen molar-refractivity contribution in [2.24, 2.45) is 5.92 Å². The summed E-state index contributed by atoms with van der Waals surface area (Å²) in [5.41, 5.74) is 0.0940. The Morgan fingerprint density at radius 2 is 1.68 bits per heavy atom. The first kappa shape index (κ1) is 29.2. The summed E-state index contributed by atoms with van der Waals surface area (Å²) < 4.78 is 10.6. The van der Waals surface area contributed by atoms with Crippen LogP contribution in [-0.2, 0) is 25.5 Å². The number of carbonyl (C=O) groups excluding carboxylic acids is 4. The van der Waals surface area contributed by atoms with E-state index in [0.29, 0.717) is 24.7 Å². The van der Waals surface area contributed by atoms with E-state index in [4.69, 9.17) is 9.47 Å². The fourth-order valence-electron chi connectivity index (χ4n) is 5.04. The summed E-state index contributed by atoms with van der Waals surface area (Å²) in [6.45, 7) is 3.62. The van der Waals surface area contributed by atoms with Gasteiger partial charge in [0, 0.05) is 12.6 Å². The van der Waals surface area contributed by atoms with Crippen molar-refractivity contribution in [3.63, 3.8) is 0 Å². The summed E-state index contributed by atoms with van der Waals surface area (Å²) in [5.74, 6) is -0.618. The molecule has 0 unspecified atom stereocenters. The number of epoxide rings is 1. The topological polar surface area (TPSA) is 139 Å². The van der Waals surface area contributed by atoms with Gasteiger partial charge in [-0.3, -0.25) is 24.2 Å². The molecule has 4 rings (SSSR count). The maximum atomic E-state index is 13.7. The van der Waals surface area contributed by atoms with Crippen molar-refractivity contribution in [1.82, 2.24) is 20.9 Å². The first-order chi connectivity index (χ1) is 19.2. The van der Waals surface area contributed by atoms with Gasteiger partial charge in [0.25, 0.3) is 5.91 Å². The number of rotatable bonds is 13. The number of methoxy groups -OCH3 is 1. The Bertz CT molecular complexity index is 1190. The Labute approximate surface area is 234 Å². The highest BCUT2D eigenvalue weighted by molar-refractivity contribution is 5.99. The normalized spacial score (nSPS) is 20.6. The molecule has 1 aliphatic carbocycles. The SMILES string of the molecule is COc1ccc(C[C@H](NC(=O)[C@@H](C)NC(=O)c2ccccn2)C(=O)N[C@@H](CC2CCCC2)C(=O)[C@]2(C)CO2)cc1. The maximum Gasteiger partial charge on any atom is 0.270 e. The molecular formula is C30H38N4O6. The van der Waals surface area contributed by atoms with Gasteiger partial charge in [-0.15, -0.1) is 0 Å². The number of hydrogen-bond acceptors (Lipinski definition) is 7. The lowest BCUT2D eigenvalue weighted by atomic mass is 9.90. The van der Waals surface area contributed by atoms with Crippen molar-refractivity contribution in [3.05, 3.63) is 59.9 Å². The van der Waals surface area contributed by atoms with E-state index >= 15 is 0 Å². The van der Waals surface area contributed by atoms with Crippen molar-refractivity contribution in [1.29, 1.82) is 0 Å². The molecule has 10 heteroatoms. The number of Topliss-reactive ketones (excluding diaryl/α,β-unsaturated/α-hetero) is 1. The Hall–Kier alpha value is -3.79. The number of benzene rings is 1. The number of nitrogens with zero attached hydrogens (tertiary/aromatic N) is 1. The van der Waals surface area contributed by atoms with E-state index in [1.54, 1.807) is 44.4 Å². The number of ether oxygens (including phenoxy) is 2. The molecule has 3 amide bonds. The van der Waals surface area contributed by atoms with E-state index < -0.39 is 41.4 Å². The number of nitrogens with one attached hydrogen (secondary N) is 3. The molecule has 0 radical (unpaired) electrons. The van der Waals surface area contributed by atoms with Crippen LogP contribution in [0.3, 0.4) is 0 Å². The summed E-state index contributed by atoms with van der Waals surface area (Å²) in [4.78, 5) is 56.6. The second kappa shape index (κ2) is 13.0. The first-order valence-electron chi connectivity index (χ1n) is 13.8. The van der Waals surface area contributed by atoms with Gasteiger partial charge in [0.1, 0.15) is 29.1 Å². The molecule has 2 fully saturated rings. The van der Waals surface area contributed by atoms with Crippen LogP contribution in [0.5, 0.6) is 5.75 Å². The fourth-order valence-corrected chi connectivity index (χ4v) is 5.04. The number of carbonyl (C=O) groups is 4. The Kier molecular flexibility index (Phi) is 9.52. The minimum Gasteiger partial charge on any atom is -0.497 e. The van der Waals surface area contributed by atoms with Gasteiger partial charge in [-0.05, 0) is 56.0 Å². The third kappa shape index (κ3) is 7.65. The van der Waals surface area contributed by atoms with Crippen LogP contribution in [0.15, 0.2) is 48.7 Å². The minimum absolute atomic E-state index is 0.140. The Morgan fingerprint density at radius 3 is 2.27 bits per heavy atom. The first-order valence-corrected chi connectivity index (χ1v) is 13.8. The van der Waals surface area contributed by atoms with Gasteiger partial charge in [-0.1, -0.05) is 43.9 Å². The van der Waals surface area contributed by atoms with Crippen molar-refractivity contribution in [3.8, 4) is 5.75 Å². The predicted molar refractivity (Wildman–Crippen MR) is 148 cm³/mol. The number of pyridine rings is 1. The molecule has 1 aliphatic heterocycles. The lowest BCUT2D eigenvalue weighted by Gasteiger charge is -2.26. The molecule has 40 heavy (non-hydrogen) atoms. The van der Waals surface area contributed by atoms with Crippen molar-refractivity contribution >= 4 is 23.5 Å². The number of aromatic nitrogens is 1. The van der Waals surface area contributed by atoms with Crippen LogP contribution in [0.25, 0.3) is 0 Å². The van der Waals surface area contributed by atoms with Crippen LogP contribution in [0.1, 0.15) is 62.0 Å². The second-order valence-electron chi connectivity index (χ2n) is 10.9. The summed E-state index contributed by atoms with van der Waals surface area (Å²) in [5, 5.41) is 8.34. The molecule has 0 spiro atoms. The third-order valence-corrected chi connectivity index (χ3v) is 7.65. The van der Waals surface area contributed by atoms with Gasteiger partial charge in [0.15, 0.2) is 5.78 Å². The largest absolute Gasteiger partial charge is 0.497 e. The van der Waals surface area contributed by atoms with Gasteiger partial charge >= 0.3 is 0 Å². The monoisotopic (exact) mass is 550 g/mol. The molecule has 3 N–H and O–H groups in total. The average Bonchev–Trinajstić information content (AvgIpc) is 3.50. The van der Waals surface area contributed by atoms with Gasteiger partial charge in [-0.2, -0.15) is 0 Å². The van der Waals surface area contributed by atoms with E-state index in [1.165, 1.54) is 13.1 Å². The molecule has 2 aliphatic rings. The van der Waals surface area contributed by atoms with Gasteiger partial charge in [0.2, 0.25) is 11.8 Å². The smallest absolute Gasteiger partial charge is 0.270 e. The summed E-state index contributed by atoms with van der Waals surface area (Å²) in [7, 11) is 1.57. The van der Waals surface area contributed by atoms with Crippen LogP contribution < -0.4 is 20.7 Å². The molecule has 0 bridgehead atoms. The fraction of sp³-hybridized carbons (Fsp3) is 0.500. The van der Waals surface area contributed by atoms with Gasteiger partial charge < -0.3 is 25.4 Å². The molecule has 214 valence electrons. The Balaban J connectivity index is 1.48. The van der Waals surface area contributed by atoms with E-state index in [1.807, 2.05) is 12.1 Å². The molecule has 1 saturated heterocycles. The van der Waals surface area contributed by atoms with Crippen LogP contribution in [0.2, 0.25) is 0 Å². The van der Waals surface area contributed by atoms with Gasteiger partial charge in [-0.25, -0.2) is 0 Å². The lowest BCUT2D eigenvalue weighted by Crippen LogP contribution is -2.57.